The van der Waals surface area contributed by atoms with Crippen LogP contribution in [-0.4, -0.2) is 12.5 Å². The van der Waals surface area contributed by atoms with Gasteiger partial charge in [0.1, 0.15) is 0 Å². The zero-order valence-electron chi connectivity index (χ0n) is 12.2. The zero-order valence-corrected chi connectivity index (χ0v) is 13.8. The van der Waals surface area contributed by atoms with Crippen molar-refractivity contribution in [3.8, 4) is 0 Å². The normalized spacial score (nSPS) is 10.2. The number of carbonyl (C=O) groups excluding carboxylic acids is 1. The average Bonchev–Trinajstić information content (AvgIpc) is 2.45. The summed E-state index contributed by atoms with van der Waals surface area (Å²) in [6.07, 6.45) is 0. The van der Waals surface area contributed by atoms with Crippen molar-refractivity contribution >= 4 is 27.5 Å². The van der Waals surface area contributed by atoms with Gasteiger partial charge in [0, 0.05) is 16.7 Å². The molecule has 0 aliphatic carbocycles. The number of rotatable bonds is 5. The molecular weight excluding hydrogens is 328 g/mol. The highest BCUT2D eigenvalue weighted by Crippen LogP contribution is 2.24. The van der Waals surface area contributed by atoms with E-state index < -0.39 is 0 Å². The number of halogens is 1. The molecule has 2 aromatic carbocycles. The molecule has 3 nitrogen and oxygen atoms in total. The lowest BCUT2D eigenvalue weighted by atomic mass is 10.1. The Morgan fingerprint density at radius 2 is 1.71 bits per heavy atom. The standard InChI is InChI=1S/C17H19BrN2O/c1-12-8-15(18)9-13(2)17(12)20-11-16(21)19-10-14-6-4-3-5-7-14/h3-9,20H,10-11H2,1-2H3,(H,19,21). The summed E-state index contributed by atoms with van der Waals surface area (Å²) in [6, 6.07) is 14.0. The summed E-state index contributed by atoms with van der Waals surface area (Å²) in [6.45, 7) is 4.89. The van der Waals surface area contributed by atoms with Crippen LogP contribution >= 0.6 is 15.9 Å². The first-order chi connectivity index (χ1) is 10.1. The second-order valence-electron chi connectivity index (χ2n) is 5.03. The van der Waals surface area contributed by atoms with Crippen molar-refractivity contribution in [2.24, 2.45) is 0 Å². The summed E-state index contributed by atoms with van der Waals surface area (Å²) < 4.78 is 1.05. The largest absolute Gasteiger partial charge is 0.376 e. The molecular formula is C17H19BrN2O. The smallest absolute Gasteiger partial charge is 0.239 e. The molecule has 0 saturated carbocycles. The van der Waals surface area contributed by atoms with Crippen LogP contribution in [0.5, 0.6) is 0 Å². The Morgan fingerprint density at radius 3 is 2.33 bits per heavy atom. The van der Waals surface area contributed by atoms with Crippen molar-refractivity contribution in [2.75, 3.05) is 11.9 Å². The molecule has 2 rings (SSSR count). The Kier molecular flexibility index (Phi) is 5.39. The number of benzene rings is 2. The van der Waals surface area contributed by atoms with Gasteiger partial charge >= 0.3 is 0 Å². The first kappa shape index (κ1) is 15.6. The Balaban J connectivity index is 1.87. The summed E-state index contributed by atoms with van der Waals surface area (Å²) >= 11 is 3.47. The lowest BCUT2D eigenvalue weighted by Gasteiger charge is -2.13. The first-order valence-electron chi connectivity index (χ1n) is 6.87. The molecule has 0 heterocycles. The van der Waals surface area contributed by atoms with E-state index in [1.54, 1.807) is 0 Å². The van der Waals surface area contributed by atoms with Gasteiger partial charge in [-0.05, 0) is 42.7 Å². The maximum atomic E-state index is 11.9. The average molecular weight is 347 g/mol. The molecule has 4 heteroatoms. The molecule has 0 bridgehead atoms. The Morgan fingerprint density at radius 1 is 1.10 bits per heavy atom. The summed E-state index contributed by atoms with van der Waals surface area (Å²) in [7, 11) is 0. The zero-order chi connectivity index (χ0) is 15.2. The van der Waals surface area contributed by atoms with Crippen LogP contribution in [0.1, 0.15) is 16.7 Å². The maximum absolute atomic E-state index is 11.9. The van der Waals surface area contributed by atoms with E-state index in [2.05, 4.69) is 26.6 Å². The molecule has 0 spiro atoms. The van der Waals surface area contributed by atoms with E-state index in [9.17, 15) is 4.79 Å². The van der Waals surface area contributed by atoms with Crippen LogP contribution in [0.15, 0.2) is 46.9 Å². The Hall–Kier alpha value is -1.81. The predicted molar refractivity (Wildman–Crippen MR) is 90.4 cm³/mol. The molecule has 2 aromatic rings. The van der Waals surface area contributed by atoms with Gasteiger partial charge in [-0.3, -0.25) is 4.79 Å². The third-order valence-electron chi connectivity index (χ3n) is 3.26. The number of hydrogen-bond donors (Lipinski definition) is 2. The third-order valence-corrected chi connectivity index (χ3v) is 3.71. The van der Waals surface area contributed by atoms with Crippen LogP contribution in [0.4, 0.5) is 5.69 Å². The van der Waals surface area contributed by atoms with Gasteiger partial charge in [0.2, 0.25) is 5.91 Å². The van der Waals surface area contributed by atoms with Gasteiger partial charge in [-0.1, -0.05) is 46.3 Å². The number of carbonyl (C=O) groups is 1. The second-order valence-corrected chi connectivity index (χ2v) is 5.95. The van der Waals surface area contributed by atoms with E-state index in [1.807, 2.05) is 56.3 Å². The van der Waals surface area contributed by atoms with Crippen molar-refractivity contribution in [2.45, 2.75) is 20.4 Å². The Labute approximate surface area is 133 Å². The van der Waals surface area contributed by atoms with Crippen molar-refractivity contribution < 1.29 is 4.79 Å². The van der Waals surface area contributed by atoms with Crippen molar-refractivity contribution in [1.29, 1.82) is 0 Å². The molecule has 0 saturated heterocycles. The Bertz CT molecular complexity index is 603. The van der Waals surface area contributed by atoms with Gasteiger partial charge in [-0.25, -0.2) is 0 Å². The minimum atomic E-state index is -0.0134. The van der Waals surface area contributed by atoms with Gasteiger partial charge in [0.05, 0.1) is 6.54 Å². The lowest BCUT2D eigenvalue weighted by Crippen LogP contribution is -2.29. The number of hydrogen-bond acceptors (Lipinski definition) is 2. The second kappa shape index (κ2) is 7.27. The van der Waals surface area contributed by atoms with Gasteiger partial charge in [0.25, 0.3) is 0 Å². The van der Waals surface area contributed by atoms with Crippen molar-refractivity contribution in [1.82, 2.24) is 5.32 Å². The molecule has 0 fully saturated rings. The minimum Gasteiger partial charge on any atom is -0.376 e. The highest BCUT2D eigenvalue weighted by Gasteiger charge is 2.06. The number of nitrogens with one attached hydrogen (secondary N) is 2. The van der Waals surface area contributed by atoms with E-state index in [0.29, 0.717) is 6.54 Å². The van der Waals surface area contributed by atoms with Crippen molar-refractivity contribution in [3.63, 3.8) is 0 Å². The first-order valence-corrected chi connectivity index (χ1v) is 7.67. The molecule has 0 radical (unpaired) electrons. The maximum Gasteiger partial charge on any atom is 0.239 e. The van der Waals surface area contributed by atoms with Gasteiger partial charge in [-0.2, -0.15) is 0 Å². The van der Waals surface area contributed by atoms with Gasteiger partial charge in [-0.15, -0.1) is 0 Å². The van der Waals surface area contributed by atoms with Gasteiger partial charge in [0.15, 0.2) is 0 Å². The van der Waals surface area contributed by atoms with E-state index in [0.717, 1.165) is 26.9 Å². The molecule has 21 heavy (non-hydrogen) atoms. The summed E-state index contributed by atoms with van der Waals surface area (Å²) in [5.41, 5.74) is 4.37. The number of amides is 1. The molecule has 0 aliphatic heterocycles. The highest BCUT2D eigenvalue weighted by atomic mass is 79.9. The van der Waals surface area contributed by atoms with Crippen LogP contribution in [0.2, 0.25) is 0 Å². The predicted octanol–water partition coefficient (Wildman–Crippen LogP) is 3.79. The lowest BCUT2D eigenvalue weighted by molar-refractivity contribution is -0.119. The fourth-order valence-electron chi connectivity index (χ4n) is 2.22. The van der Waals surface area contributed by atoms with Crippen LogP contribution < -0.4 is 10.6 Å². The van der Waals surface area contributed by atoms with Crippen molar-refractivity contribution in [3.05, 3.63) is 63.6 Å². The van der Waals surface area contributed by atoms with E-state index >= 15 is 0 Å². The highest BCUT2D eigenvalue weighted by molar-refractivity contribution is 9.10. The SMILES string of the molecule is Cc1cc(Br)cc(C)c1NCC(=O)NCc1ccccc1. The molecule has 2 N–H and O–H groups in total. The number of anilines is 1. The molecule has 0 aromatic heterocycles. The third kappa shape index (κ3) is 4.60. The number of aryl methyl sites for hydroxylation is 2. The quantitative estimate of drug-likeness (QED) is 0.864. The summed E-state index contributed by atoms with van der Waals surface area (Å²) in [5, 5.41) is 6.12. The minimum absolute atomic E-state index is 0.0134. The van der Waals surface area contributed by atoms with Crippen LogP contribution in [0, 0.1) is 13.8 Å². The summed E-state index contributed by atoms with van der Waals surface area (Å²) in [4.78, 5) is 11.9. The molecule has 0 unspecified atom stereocenters. The molecule has 0 atom stereocenters. The molecule has 1 amide bonds. The molecule has 0 aliphatic rings. The topological polar surface area (TPSA) is 41.1 Å². The van der Waals surface area contributed by atoms with Gasteiger partial charge < -0.3 is 10.6 Å². The van der Waals surface area contributed by atoms with E-state index in [-0.39, 0.29) is 12.5 Å². The van der Waals surface area contributed by atoms with E-state index in [1.165, 1.54) is 0 Å². The summed E-state index contributed by atoms with van der Waals surface area (Å²) in [5.74, 6) is -0.0134. The monoisotopic (exact) mass is 346 g/mol. The fraction of sp³-hybridized carbons (Fsp3) is 0.235. The van der Waals surface area contributed by atoms with Crippen LogP contribution in [0.25, 0.3) is 0 Å². The van der Waals surface area contributed by atoms with E-state index in [4.69, 9.17) is 0 Å². The van der Waals surface area contributed by atoms with Crippen LogP contribution in [-0.2, 0) is 11.3 Å². The fourth-order valence-corrected chi connectivity index (χ4v) is 2.90. The van der Waals surface area contributed by atoms with Crippen LogP contribution in [0.3, 0.4) is 0 Å². The molecule has 110 valence electrons.